The number of aliphatic carboxylic acids is 1. The minimum Gasteiger partial charge on any atom is -0.480 e. The molecule has 1 amide bonds. The lowest BCUT2D eigenvalue weighted by Crippen LogP contribution is -2.42. The fourth-order valence-electron chi connectivity index (χ4n) is 1.43. The quantitative estimate of drug-likeness (QED) is 0.588. The molecular weight excluding hydrogens is 196 g/mol. The van der Waals surface area contributed by atoms with Crippen LogP contribution in [0.15, 0.2) is 0 Å². The summed E-state index contributed by atoms with van der Waals surface area (Å²) in [6, 6.07) is 0.164. The van der Waals surface area contributed by atoms with Crippen molar-refractivity contribution in [3.63, 3.8) is 0 Å². The Kier molecular flexibility index (Phi) is 4.55. The maximum Gasteiger partial charge on any atom is 0.323 e. The first-order valence-corrected chi connectivity index (χ1v) is 5.37. The number of rotatable bonds is 7. The van der Waals surface area contributed by atoms with Gasteiger partial charge in [-0.25, -0.2) is 0 Å². The number of nitrogens with one attached hydrogen (secondary N) is 1. The molecule has 5 heteroatoms. The van der Waals surface area contributed by atoms with Crippen molar-refractivity contribution in [2.45, 2.75) is 32.2 Å². The first kappa shape index (κ1) is 12.0. The molecule has 0 unspecified atom stereocenters. The molecule has 0 bridgehead atoms. The van der Waals surface area contributed by atoms with Crippen LogP contribution in [0.2, 0.25) is 0 Å². The van der Waals surface area contributed by atoms with E-state index in [2.05, 4.69) is 5.32 Å². The molecule has 1 saturated carbocycles. The van der Waals surface area contributed by atoms with Gasteiger partial charge in [-0.05, 0) is 25.8 Å². The predicted octanol–water partition coefficient (Wildman–Crippen LogP) is 0.0616. The van der Waals surface area contributed by atoms with E-state index in [-0.39, 0.29) is 25.0 Å². The molecular formula is C10H18N2O3. The zero-order chi connectivity index (χ0) is 11.3. The maximum absolute atomic E-state index is 11.6. The summed E-state index contributed by atoms with van der Waals surface area (Å²) >= 11 is 0. The van der Waals surface area contributed by atoms with Crippen molar-refractivity contribution in [3.8, 4) is 0 Å². The molecule has 15 heavy (non-hydrogen) atoms. The van der Waals surface area contributed by atoms with Crippen molar-refractivity contribution < 1.29 is 14.7 Å². The van der Waals surface area contributed by atoms with E-state index >= 15 is 0 Å². The van der Waals surface area contributed by atoms with Crippen molar-refractivity contribution in [2.75, 3.05) is 19.6 Å². The number of carboxylic acids is 1. The van der Waals surface area contributed by atoms with E-state index in [1.54, 1.807) is 0 Å². The second-order valence-corrected chi connectivity index (χ2v) is 3.82. The van der Waals surface area contributed by atoms with Gasteiger partial charge in [0.25, 0.3) is 0 Å². The smallest absolute Gasteiger partial charge is 0.323 e. The number of carbonyl (C=O) groups is 2. The zero-order valence-corrected chi connectivity index (χ0v) is 9.03. The van der Waals surface area contributed by atoms with Gasteiger partial charge in [-0.2, -0.15) is 0 Å². The minimum absolute atomic E-state index is 0.103. The Hall–Kier alpha value is -1.10. The van der Waals surface area contributed by atoms with E-state index in [4.69, 9.17) is 5.11 Å². The normalized spacial score (nSPS) is 15.0. The summed E-state index contributed by atoms with van der Waals surface area (Å²) in [5.41, 5.74) is 0. The highest BCUT2D eigenvalue weighted by Crippen LogP contribution is 2.26. The number of amides is 1. The Morgan fingerprint density at radius 2 is 2.13 bits per heavy atom. The van der Waals surface area contributed by atoms with E-state index < -0.39 is 5.97 Å². The molecule has 0 aromatic carbocycles. The van der Waals surface area contributed by atoms with Gasteiger partial charge < -0.3 is 15.3 Å². The second-order valence-electron chi connectivity index (χ2n) is 3.82. The fraction of sp³-hybridized carbons (Fsp3) is 0.800. The fourth-order valence-corrected chi connectivity index (χ4v) is 1.43. The number of nitrogens with zero attached hydrogens (tertiary/aromatic N) is 1. The molecule has 0 aromatic heterocycles. The molecule has 0 spiro atoms. The van der Waals surface area contributed by atoms with Gasteiger partial charge in [-0.3, -0.25) is 9.59 Å². The van der Waals surface area contributed by atoms with Crippen LogP contribution in [-0.2, 0) is 9.59 Å². The molecule has 1 rings (SSSR count). The van der Waals surface area contributed by atoms with Gasteiger partial charge >= 0.3 is 5.97 Å². The first-order valence-electron chi connectivity index (χ1n) is 5.37. The van der Waals surface area contributed by atoms with E-state index in [1.165, 1.54) is 4.90 Å². The maximum atomic E-state index is 11.6. The SMILES string of the molecule is CCCNCC(=O)N(CC(=O)O)C1CC1. The molecule has 0 saturated heterocycles. The first-order chi connectivity index (χ1) is 7.15. The van der Waals surface area contributed by atoms with E-state index in [0.29, 0.717) is 0 Å². The largest absolute Gasteiger partial charge is 0.480 e. The average molecular weight is 214 g/mol. The minimum atomic E-state index is -0.939. The number of carbonyl (C=O) groups excluding carboxylic acids is 1. The topological polar surface area (TPSA) is 69.6 Å². The number of hydrogen-bond donors (Lipinski definition) is 2. The highest BCUT2D eigenvalue weighted by molar-refractivity contribution is 5.83. The summed E-state index contributed by atoms with van der Waals surface area (Å²) in [5, 5.41) is 11.7. The van der Waals surface area contributed by atoms with Crippen molar-refractivity contribution in [3.05, 3.63) is 0 Å². The van der Waals surface area contributed by atoms with Crippen LogP contribution >= 0.6 is 0 Å². The zero-order valence-electron chi connectivity index (χ0n) is 9.03. The summed E-state index contributed by atoms with van der Waals surface area (Å²) in [6.45, 7) is 2.89. The highest BCUT2D eigenvalue weighted by Gasteiger charge is 2.33. The van der Waals surface area contributed by atoms with Crippen LogP contribution in [0, 0.1) is 0 Å². The van der Waals surface area contributed by atoms with Gasteiger partial charge in [0.1, 0.15) is 6.54 Å². The number of carboxylic acid groups (broad SMARTS) is 1. The molecule has 1 aliphatic rings. The van der Waals surface area contributed by atoms with Crippen LogP contribution in [0.1, 0.15) is 26.2 Å². The molecule has 2 N–H and O–H groups in total. The molecule has 0 aliphatic heterocycles. The molecule has 5 nitrogen and oxygen atoms in total. The van der Waals surface area contributed by atoms with Gasteiger partial charge in [-0.1, -0.05) is 6.92 Å². The third kappa shape index (κ3) is 4.29. The molecule has 1 aliphatic carbocycles. The average Bonchev–Trinajstić information content (AvgIpc) is 2.97. The Balaban J connectivity index is 2.34. The summed E-state index contributed by atoms with van der Waals surface area (Å²) in [6.07, 6.45) is 2.84. The second kappa shape index (κ2) is 5.70. The van der Waals surface area contributed by atoms with Crippen LogP contribution in [-0.4, -0.2) is 47.6 Å². The Bertz CT molecular complexity index is 239. The van der Waals surface area contributed by atoms with Crippen molar-refractivity contribution in [1.82, 2.24) is 10.2 Å². The molecule has 0 heterocycles. The third-order valence-corrected chi connectivity index (χ3v) is 2.32. The molecule has 0 atom stereocenters. The number of hydrogen-bond acceptors (Lipinski definition) is 3. The lowest BCUT2D eigenvalue weighted by molar-refractivity contribution is -0.144. The summed E-state index contributed by atoms with van der Waals surface area (Å²) in [5.74, 6) is -1.04. The van der Waals surface area contributed by atoms with Gasteiger partial charge in [0.05, 0.1) is 6.54 Å². The van der Waals surface area contributed by atoms with E-state index in [9.17, 15) is 9.59 Å². The van der Waals surface area contributed by atoms with E-state index in [1.807, 2.05) is 6.92 Å². The molecule has 1 fully saturated rings. The third-order valence-electron chi connectivity index (χ3n) is 2.32. The predicted molar refractivity (Wildman–Crippen MR) is 55.5 cm³/mol. The summed E-state index contributed by atoms with van der Waals surface area (Å²) in [4.78, 5) is 23.7. The van der Waals surface area contributed by atoms with Crippen molar-refractivity contribution in [2.24, 2.45) is 0 Å². The van der Waals surface area contributed by atoms with Gasteiger partial charge in [0.15, 0.2) is 0 Å². The van der Waals surface area contributed by atoms with Crippen molar-refractivity contribution in [1.29, 1.82) is 0 Å². The van der Waals surface area contributed by atoms with Crippen LogP contribution in [0.25, 0.3) is 0 Å². The molecule has 0 aromatic rings. The van der Waals surface area contributed by atoms with E-state index in [0.717, 1.165) is 25.8 Å². The van der Waals surface area contributed by atoms with Gasteiger partial charge in [-0.15, -0.1) is 0 Å². The lowest BCUT2D eigenvalue weighted by Gasteiger charge is -2.20. The summed E-state index contributed by atoms with van der Waals surface area (Å²) < 4.78 is 0. The summed E-state index contributed by atoms with van der Waals surface area (Å²) in [7, 11) is 0. The Morgan fingerprint density at radius 3 is 2.60 bits per heavy atom. The van der Waals surface area contributed by atoms with Crippen molar-refractivity contribution >= 4 is 11.9 Å². The molecule has 86 valence electrons. The van der Waals surface area contributed by atoms with Gasteiger partial charge in [0, 0.05) is 6.04 Å². The lowest BCUT2D eigenvalue weighted by atomic mass is 10.4. The highest BCUT2D eigenvalue weighted by atomic mass is 16.4. The molecule has 0 radical (unpaired) electrons. The Morgan fingerprint density at radius 1 is 1.47 bits per heavy atom. The standard InChI is InChI=1S/C10H18N2O3/c1-2-5-11-6-9(13)12(7-10(14)15)8-3-4-8/h8,11H,2-7H2,1H3,(H,14,15). The van der Waals surface area contributed by atoms with Crippen LogP contribution in [0.5, 0.6) is 0 Å². The van der Waals surface area contributed by atoms with Crippen LogP contribution in [0.3, 0.4) is 0 Å². The van der Waals surface area contributed by atoms with Crippen LogP contribution in [0.4, 0.5) is 0 Å². The van der Waals surface area contributed by atoms with Gasteiger partial charge in [0.2, 0.25) is 5.91 Å². The monoisotopic (exact) mass is 214 g/mol. The Labute approximate surface area is 89.4 Å². The van der Waals surface area contributed by atoms with Crippen LogP contribution < -0.4 is 5.32 Å².